The summed E-state index contributed by atoms with van der Waals surface area (Å²) >= 11 is 1.29. The van der Waals surface area contributed by atoms with Crippen molar-refractivity contribution in [3.05, 3.63) is 62.1 Å². The number of thiophene rings is 1. The fourth-order valence-corrected chi connectivity index (χ4v) is 3.78. The Balaban J connectivity index is 1.95. The first-order chi connectivity index (χ1) is 12.9. The molecule has 7 heteroatoms. The van der Waals surface area contributed by atoms with Crippen LogP contribution in [0.3, 0.4) is 0 Å². The summed E-state index contributed by atoms with van der Waals surface area (Å²) in [6.45, 7) is 6.25. The molecule has 0 aliphatic carbocycles. The molecule has 0 saturated heterocycles. The normalized spacial score (nSPS) is 11.3. The number of carbonyl (C=O) groups excluding carboxylic acids is 1. The SMILES string of the molecule is Cc1cccc(NC(=O)Cn2c(=O)n(CCC(C)C)c(=O)c3sccc32)c1. The number of aryl methyl sites for hydroxylation is 1. The summed E-state index contributed by atoms with van der Waals surface area (Å²) in [7, 11) is 0. The van der Waals surface area contributed by atoms with Crippen LogP contribution in [0.15, 0.2) is 45.3 Å². The van der Waals surface area contributed by atoms with Gasteiger partial charge in [-0.15, -0.1) is 11.3 Å². The van der Waals surface area contributed by atoms with Gasteiger partial charge >= 0.3 is 5.69 Å². The number of nitrogens with zero attached hydrogens (tertiary/aromatic N) is 2. The third-order valence-corrected chi connectivity index (χ3v) is 5.26. The van der Waals surface area contributed by atoms with Crippen molar-refractivity contribution >= 4 is 33.1 Å². The molecule has 1 N–H and O–H groups in total. The third-order valence-electron chi connectivity index (χ3n) is 4.37. The van der Waals surface area contributed by atoms with Crippen LogP contribution in [-0.4, -0.2) is 15.0 Å². The molecule has 142 valence electrons. The maximum atomic E-state index is 12.9. The van der Waals surface area contributed by atoms with E-state index in [4.69, 9.17) is 0 Å². The highest BCUT2D eigenvalue weighted by molar-refractivity contribution is 7.17. The van der Waals surface area contributed by atoms with Gasteiger partial charge in [-0.05, 0) is 48.4 Å². The first kappa shape index (κ1) is 19.1. The Morgan fingerprint density at radius 3 is 2.67 bits per heavy atom. The van der Waals surface area contributed by atoms with Crippen LogP contribution in [0.4, 0.5) is 5.69 Å². The molecule has 3 rings (SSSR count). The van der Waals surface area contributed by atoms with Crippen molar-refractivity contribution in [2.75, 3.05) is 5.32 Å². The number of carbonyl (C=O) groups is 1. The van der Waals surface area contributed by atoms with Crippen molar-refractivity contribution in [3.8, 4) is 0 Å². The van der Waals surface area contributed by atoms with E-state index in [2.05, 4.69) is 5.32 Å². The summed E-state index contributed by atoms with van der Waals surface area (Å²) in [6.07, 6.45) is 0.724. The van der Waals surface area contributed by atoms with E-state index in [1.165, 1.54) is 20.5 Å². The summed E-state index contributed by atoms with van der Waals surface area (Å²) in [5, 5.41) is 4.59. The molecule has 0 unspecified atom stereocenters. The van der Waals surface area contributed by atoms with Gasteiger partial charge in [0, 0.05) is 12.2 Å². The zero-order valence-electron chi connectivity index (χ0n) is 15.7. The number of nitrogens with one attached hydrogen (secondary N) is 1. The molecule has 0 atom stereocenters. The van der Waals surface area contributed by atoms with Gasteiger partial charge in [0.25, 0.3) is 5.56 Å². The van der Waals surface area contributed by atoms with E-state index in [1.54, 1.807) is 17.5 Å². The molecule has 2 aromatic heterocycles. The fourth-order valence-electron chi connectivity index (χ4n) is 2.94. The molecule has 1 amide bonds. The maximum absolute atomic E-state index is 12.9. The van der Waals surface area contributed by atoms with Crippen LogP contribution in [0, 0.1) is 12.8 Å². The third kappa shape index (κ3) is 4.19. The minimum Gasteiger partial charge on any atom is -0.325 e. The Labute approximate surface area is 161 Å². The maximum Gasteiger partial charge on any atom is 0.332 e. The Morgan fingerprint density at radius 1 is 1.19 bits per heavy atom. The summed E-state index contributed by atoms with van der Waals surface area (Å²) in [4.78, 5) is 38.1. The highest BCUT2D eigenvalue weighted by Crippen LogP contribution is 2.16. The van der Waals surface area contributed by atoms with Gasteiger partial charge in [-0.25, -0.2) is 4.79 Å². The summed E-state index contributed by atoms with van der Waals surface area (Å²) in [5.41, 5.74) is 1.51. The number of hydrogen-bond acceptors (Lipinski definition) is 4. The first-order valence-electron chi connectivity index (χ1n) is 8.94. The van der Waals surface area contributed by atoms with Crippen molar-refractivity contribution in [3.63, 3.8) is 0 Å². The Kier molecular flexibility index (Phi) is 5.60. The Hall–Kier alpha value is -2.67. The number of anilines is 1. The molecule has 1 aromatic carbocycles. The summed E-state index contributed by atoms with van der Waals surface area (Å²) in [6, 6.07) is 9.19. The second kappa shape index (κ2) is 7.92. The molecular formula is C20H23N3O3S. The van der Waals surface area contributed by atoms with Gasteiger partial charge in [0.05, 0.1) is 5.52 Å². The van der Waals surface area contributed by atoms with Crippen molar-refractivity contribution in [1.82, 2.24) is 9.13 Å². The number of benzene rings is 1. The van der Waals surface area contributed by atoms with E-state index in [0.29, 0.717) is 28.4 Å². The van der Waals surface area contributed by atoms with Gasteiger partial charge < -0.3 is 5.32 Å². The highest BCUT2D eigenvalue weighted by Gasteiger charge is 2.16. The average Bonchev–Trinajstić information content (AvgIpc) is 3.08. The van der Waals surface area contributed by atoms with Crippen LogP contribution in [0.1, 0.15) is 25.8 Å². The predicted molar refractivity (Wildman–Crippen MR) is 110 cm³/mol. The second-order valence-electron chi connectivity index (χ2n) is 7.06. The number of amides is 1. The number of hydrogen-bond donors (Lipinski definition) is 1. The first-order valence-corrected chi connectivity index (χ1v) is 9.82. The minimum absolute atomic E-state index is 0.137. The molecule has 0 radical (unpaired) electrons. The van der Waals surface area contributed by atoms with Crippen molar-refractivity contribution in [2.24, 2.45) is 5.92 Å². The van der Waals surface area contributed by atoms with Gasteiger partial charge in [-0.3, -0.25) is 18.7 Å². The lowest BCUT2D eigenvalue weighted by Crippen LogP contribution is -2.41. The quantitative estimate of drug-likeness (QED) is 0.708. The highest BCUT2D eigenvalue weighted by atomic mass is 32.1. The van der Waals surface area contributed by atoms with E-state index >= 15 is 0 Å². The molecule has 27 heavy (non-hydrogen) atoms. The van der Waals surface area contributed by atoms with E-state index in [1.807, 2.05) is 39.0 Å². The van der Waals surface area contributed by atoms with Crippen LogP contribution < -0.4 is 16.6 Å². The largest absolute Gasteiger partial charge is 0.332 e. The minimum atomic E-state index is -0.439. The van der Waals surface area contributed by atoms with E-state index in [9.17, 15) is 14.4 Å². The van der Waals surface area contributed by atoms with E-state index in [0.717, 1.165) is 12.0 Å². The molecule has 0 aliphatic heterocycles. The standard InChI is InChI=1S/C20H23N3O3S/c1-13(2)7-9-22-19(25)18-16(8-10-27-18)23(20(22)26)12-17(24)21-15-6-4-5-14(3)11-15/h4-6,8,10-11,13H,7,9,12H2,1-3H3,(H,21,24). The number of aromatic nitrogens is 2. The van der Waals surface area contributed by atoms with Crippen molar-refractivity contribution < 1.29 is 4.79 Å². The van der Waals surface area contributed by atoms with Gasteiger partial charge in [-0.1, -0.05) is 26.0 Å². The smallest absolute Gasteiger partial charge is 0.325 e. The molecule has 0 spiro atoms. The zero-order chi connectivity index (χ0) is 19.6. The zero-order valence-corrected chi connectivity index (χ0v) is 16.5. The molecule has 2 heterocycles. The fraction of sp³-hybridized carbons (Fsp3) is 0.350. The lowest BCUT2D eigenvalue weighted by Gasteiger charge is -2.13. The van der Waals surface area contributed by atoms with Gasteiger partial charge in [0.15, 0.2) is 0 Å². The Bertz CT molecular complexity index is 1090. The summed E-state index contributed by atoms with van der Waals surface area (Å²) in [5.74, 6) is 0.0673. The predicted octanol–water partition coefficient (Wildman–Crippen LogP) is 3.22. The summed E-state index contributed by atoms with van der Waals surface area (Å²) < 4.78 is 3.14. The molecule has 0 aliphatic rings. The van der Waals surface area contributed by atoms with Gasteiger partial charge in [-0.2, -0.15) is 0 Å². The molecule has 0 fully saturated rings. The van der Waals surface area contributed by atoms with Crippen LogP contribution in [-0.2, 0) is 17.9 Å². The lowest BCUT2D eigenvalue weighted by atomic mass is 10.1. The number of fused-ring (bicyclic) bond motifs is 1. The van der Waals surface area contributed by atoms with Crippen molar-refractivity contribution in [2.45, 2.75) is 40.3 Å². The molecule has 0 saturated carbocycles. The molecular weight excluding hydrogens is 362 g/mol. The van der Waals surface area contributed by atoms with Crippen LogP contribution in [0.25, 0.3) is 10.2 Å². The van der Waals surface area contributed by atoms with Crippen molar-refractivity contribution in [1.29, 1.82) is 0 Å². The van der Waals surface area contributed by atoms with Gasteiger partial charge in [0.1, 0.15) is 11.2 Å². The van der Waals surface area contributed by atoms with Crippen LogP contribution in [0.5, 0.6) is 0 Å². The molecule has 3 aromatic rings. The lowest BCUT2D eigenvalue weighted by molar-refractivity contribution is -0.116. The molecule has 0 bridgehead atoms. The van der Waals surface area contributed by atoms with E-state index in [-0.39, 0.29) is 18.0 Å². The van der Waals surface area contributed by atoms with E-state index < -0.39 is 5.69 Å². The topological polar surface area (TPSA) is 73.1 Å². The average molecular weight is 385 g/mol. The van der Waals surface area contributed by atoms with Crippen LogP contribution in [0.2, 0.25) is 0 Å². The van der Waals surface area contributed by atoms with Crippen LogP contribution >= 0.6 is 11.3 Å². The monoisotopic (exact) mass is 385 g/mol. The Morgan fingerprint density at radius 2 is 1.96 bits per heavy atom. The molecule has 6 nitrogen and oxygen atoms in total. The van der Waals surface area contributed by atoms with Gasteiger partial charge in [0.2, 0.25) is 5.91 Å². The second-order valence-corrected chi connectivity index (χ2v) is 7.98. The number of rotatable bonds is 6.